The van der Waals surface area contributed by atoms with Crippen LogP contribution in [0.1, 0.15) is 43.8 Å². The second-order valence-corrected chi connectivity index (χ2v) is 4.83. The Morgan fingerprint density at radius 3 is 2.53 bits per heavy atom. The molecule has 0 aliphatic carbocycles. The maximum Gasteiger partial charge on any atom is 0.304 e. The van der Waals surface area contributed by atoms with Crippen molar-refractivity contribution in [3.63, 3.8) is 0 Å². The number of carboxylic acid groups (broad SMARTS) is 1. The molecule has 17 heavy (non-hydrogen) atoms. The molecule has 1 aromatic rings. The average molecular weight is 239 g/mol. The molecule has 96 valence electrons. The van der Waals surface area contributed by atoms with Gasteiger partial charge in [-0.2, -0.15) is 0 Å². The van der Waals surface area contributed by atoms with E-state index in [1.807, 2.05) is 33.8 Å². The zero-order chi connectivity index (χ0) is 13.2. The van der Waals surface area contributed by atoms with E-state index in [4.69, 9.17) is 15.3 Å². The topological polar surface area (TPSA) is 76.5 Å². The van der Waals surface area contributed by atoms with Crippen molar-refractivity contribution in [3.05, 3.63) is 23.2 Å². The molecule has 0 saturated heterocycles. The highest BCUT2D eigenvalue weighted by Gasteiger charge is 2.37. The summed E-state index contributed by atoms with van der Waals surface area (Å²) in [6.07, 6.45) is 0.745. The standard InChI is InChI=1S/C13H21NO3/c1-5-11(14)13(4,7-12(15)16)10-6-8(2)17-9(10)3/h6,11H,5,7,14H2,1-4H3,(H,15,16). The van der Waals surface area contributed by atoms with Gasteiger partial charge >= 0.3 is 5.97 Å². The summed E-state index contributed by atoms with van der Waals surface area (Å²) in [6.45, 7) is 7.57. The van der Waals surface area contributed by atoms with Gasteiger partial charge in [0, 0.05) is 17.0 Å². The largest absolute Gasteiger partial charge is 0.481 e. The van der Waals surface area contributed by atoms with Gasteiger partial charge in [-0.3, -0.25) is 4.79 Å². The number of carboxylic acids is 1. The van der Waals surface area contributed by atoms with Crippen molar-refractivity contribution < 1.29 is 14.3 Å². The number of hydrogen-bond donors (Lipinski definition) is 2. The van der Waals surface area contributed by atoms with Crippen LogP contribution in [0.15, 0.2) is 10.5 Å². The van der Waals surface area contributed by atoms with E-state index in [1.165, 1.54) is 0 Å². The SMILES string of the molecule is CCC(N)C(C)(CC(=O)O)c1cc(C)oc1C. The number of nitrogens with two attached hydrogens (primary N) is 1. The molecular weight excluding hydrogens is 218 g/mol. The molecule has 2 atom stereocenters. The van der Waals surface area contributed by atoms with Gasteiger partial charge in [0.2, 0.25) is 0 Å². The number of furan rings is 1. The van der Waals surface area contributed by atoms with Crippen LogP contribution in [0.5, 0.6) is 0 Å². The van der Waals surface area contributed by atoms with Crippen molar-refractivity contribution in [1.29, 1.82) is 0 Å². The van der Waals surface area contributed by atoms with Crippen LogP contribution in [-0.2, 0) is 10.2 Å². The number of carbonyl (C=O) groups is 1. The first-order valence-corrected chi connectivity index (χ1v) is 5.86. The molecule has 2 unspecified atom stereocenters. The third-order valence-corrected chi connectivity index (χ3v) is 3.43. The van der Waals surface area contributed by atoms with Gasteiger partial charge in [-0.05, 0) is 26.3 Å². The predicted molar refractivity (Wildman–Crippen MR) is 66.1 cm³/mol. The highest BCUT2D eigenvalue weighted by molar-refractivity contribution is 5.69. The van der Waals surface area contributed by atoms with Crippen LogP contribution >= 0.6 is 0 Å². The zero-order valence-electron chi connectivity index (χ0n) is 10.9. The van der Waals surface area contributed by atoms with Crippen molar-refractivity contribution in [2.24, 2.45) is 5.73 Å². The Bertz CT molecular complexity index is 411. The predicted octanol–water partition coefficient (Wildman–Crippen LogP) is 2.37. The van der Waals surface area contributed by atoms with Crippen molar-refractivity contribution >= 4 is 5.97 Å². The van der Waals surface area contributed by atoms with E-state index in [2.05, 4.69) is 0 Å². The molecule has 0 aromatic carbocycles. The number of rotatable bonds is 5. The Labute approximate surface area is 102 Å². The highest BCUT2D eigenvalue weighted by Crippen LogP contribution is 2.35. The van der Waals surface area contributed by atoms with Crippen LogP contribution in [0.4, 0.5) is 0 Å². The quantitative estimate of drug-likeness (QED) is 0.827. The van der Waals surface area contributed by atoms with Gasteiger partial charge < -0.3 is 15.3 Å². The summed E-state index contributed by atoms with van der Waals surface area (Å²) in [4.78, 5) is 11.0. The average Bonchev–Trinajstić information content (AvgIpc) is 2.56. The first-order chi connectivity index (χ1) is 7.81. The second kappa shape index (κ2) is 4.92. The summed E-state index contributed by atoms with van der Waals surface area (Å²) in [5.74, 6) is 0.710. The van der Waals surface area contributed by atoms with Crippen LogP contribution in [0.2, 0.25) is 0 Å². The molecule has 1 rings (SSSR count). The fraction of sp³-hybridized carbons (Fsp3) is 0.615. The van der Waals surface area contributed by atoms with E-state index >= 15 is 0 Å². The van der Waals surface area contributed by atoms with Crippen LogP contribution in [0, 0.1) is 13.8 Å². The molecule has 0 amide bonds. The molecule has 0 spiro atoms. The molecule has 4 nitrogen and oxygen atoms in total. The molecule has 0 aliphatic heterocycles. The monoisotopic (exact) mass is 239 g/mol. The van der Waals surface area contributed by atoms with E-state index in [1.54, 1.807) is 0 Å². The molecule has 0 bridgehead atoms. The van der Waals surface area contributed by atoms with Gasteiger partial charge in [0.15, 0.2) is 0 Å². The minimum Gasteiger partial charge on any atom is -0.481 e. The summed E-state index contributed by atoms with van der Waals surface area (Å²) in [6, 6.07) is 1.70. The van der Waals surface area contributed by atoms with Crippen LogP contribution in [-0.4, -0.2) is 17.1 Å². The number of aryl methyl sites for hydroxylation is 2. The Morgan fingerprint density at radius 2 is 2.18 bits per heavy atom. The number of aliphatic carboxylic acids is 1. The fourth-order valence-corrected chi connectivity index (χ4v) is 2.39. The molecule has 1 heterocycles. The summed E-state index contributed by atoms with van der Waals surface area (Å²) >= 11 is 0. The maximum absolute atomic E-state index is 11.0. The van der Waals surface area contributed by atoms with Crippen LogP contribution in [0.25, 0.3) is 0 Å². The highest BCUT2D eigenvalue weighted by atomic mass is 16.4. The molecule has 0 radical (unpaired) electrons. The summed E-state index contributed by atoms with van der Waals surface area (Å²) in [5, 5.41) is 9.07. The van der Waals surface area contributed by atoms with Crippen LogP contribution in [0.3, 0.4) is 0 Å². The Morgan fingerprint density at radius 1 is 1.59 bits per heavy atom. The summed E-state index contributed by atoms with van der Waals surface area (Å²) < 4.78 is 5.49. The van der Waals surface area contributed by atoms with Crippen molar-refractivity contribution in [3.8, 4) is 0 Å². The molecule has 4 heteroatoms. The van der Waals surface area contributed by atoms with E-state index in [0.717, 1.165) is 23.5 Å². The lowest BCUT2D eigenvalue weighted by Crippen LogP contribution is -2.44. The van der Waals surface area contributed by atoms with Gasteiger partial charge in [-0.25, -0.2) is 0 Å². The van der Waals surface area contributed by atoms with E-state index < -0.39 is 11.4 Å². The van der Waals surface area contributed by atoms with Gasteiger partial charge in [-0.1, -0.05) is 13.8 Å². The fourth-order valence-electron chi connectivity index (χ4n) is 2.39. The Kier molecular flexibility index (Phi) is 3.98. The zero-order valence-corrected chi connectivity index (χ0v) is 10.9. The molecule has 0 saturated carbocycles. The summed E-state index contributed by atoms with van der Waals surface area (Å²) in [5.41, 5.74) is 6.43. The minimum absolute atomic E-state index is 0.0157. The van der Waals surface area contributed by atoms with E-state index in [9.17, 15) is 4.79 Å². The van der Waals surface area contributed by atoms with Gasteiger partial charge in [0.05, 0.1) is 6.42 Å². The molecular formula is C13H21NO3. The normalized spacial score (nSPS) is 16.5. The molecule has 3 N–H and O–H groups in total. The molecule has 0 aliphatic rings. The lowest BCUT2D eigenvalue weighted by Gasteiger charge is -2.33. The maximum atomic E-state index is 11.0. The first-order valence-electron chi connectivity index (χ1n) is 5.86. The summed E-state index contributed by atoms with van der Waals surface area (Å²) in [7, 11) is 0. The third kappa shape index (κ3) is 2.69. The van der Waals surface area contributed by atoms with Gasteiger partial charge in [0.25, 0.3) is 0 Å². The van der Waals surface area contributed by atoms with Gasteiger partial charge in [0.1, 0.15) is 11.5 Å². The first kappa shape index (κ1) is 13.8. The van der Waals surface area contributed by atoms with Crippen molar-refractivity contribution in [1.82, 2.24) is 0 Å². The number of hydrogen-bond acceptors (Lipinski definition) is 3. The van der Waals surface area contributed by atoms with E-state index in [-0.39, 0.29) is 12.5 Å². The lowest BCUT2D eigenvalue weighted by molar-refractivity contribution is -0.138. The smallest absolute Gasteiger partial charge is 0.304 e. The Balaban J connectivity index is 3.22. The van der Waals surface area contributed by atoms with Crippen LogP contribution < -0.4 is 5.73 Å². The lowest BCUT2D eigenvalue weighted by atomic mass is 9.72. The van der Waals surface area contributed by atoms with E-state index in [0.29, 0.717) is 0 Å². The minimum atomic E-state index is -0.838. The Hall–Kier alpha value is -1.29. The van der Waals surface area contributed by atoms with Crippen molar-refractivity contribution in [2.75, 3.05) is 0 Å². The molecule has 0 fully saturated rings. The molecule has 1 aromatic heterocycles. The van der Waals surface area contributed by atoms with Crippen molar-refractivity contribution in [2.45, 2.75) is 52.0 Å². The van der Waals surface area contributed by atoms with Gasteiger partial charge in [-0.15, -0.1) is 0 Å². The second-order valence-electron chi connectivity index (χ2n) is 4.83. The third-order valence-electron chi connectivity index (χ3n) is 3.43.